The minimum atomic E-state index is -0.357. The van der Waals surface area contributed by atoms with Gasteiger partial charge in [-0.25, -0.2) is 4.39 Å². The predicted molar refractivity (Wildman–Crippen MR) is 90.6 cm³/mol. The van der Waals surface area contributed by atoms with E-state index in [1.165, 1.54) is 28.9 Å². The number of allylic oxidation sites excluding steroid dienone is 1. The van der Waals surface area contributed by atoms with Crippen molar-refractivity contribution < 1.29 is 4.39 Å². The van der Waals surface area contributed by atoms with Gasteiger partial charge in [-0.15, -0.1) is 6.58 Å². The highest BCUT2D eigenvalue weighted by molar-refractivity contribution is 5.52. The summed E-state index contributed by atoms with van der Waals surface area (Å²) in [5.74, 6) is -0.357. The first-order chi connectivity index (χ1) is 11.1. The van der Waals surface area contributed by atoms with Gasteiger partial charge < -0.3 is 10.6 Å². The zero-order valence-corrected chi connectivity index (χ0v) is 13.2. The molecule has 0 saturated heterocycles. The Hall–Kier alpha value is -2.47. The van der Waals surface area contributed by atoms with Gasteiger partial charge in [0.05, 0.1) is 17.6 Å². The lowest BCUT2D eigenvalue weighted by Crippen LogP contribution is -2.34. The van der Waals surface area contributed by atoms with Crippen LogP contribution in [0.5, 0.6) is 0 Å². The van der Waals surface area contributed by atoms with Gasteiger partial charge in [-0.05, 0) is 37.6 Å². The summed E-state index contributed by atoms with van der Waals surface area (Å²) in [4.78, 5) is 14.8. The van der Waals surface area contributed by atoms with E-state index in [9.17, 15) is 9.18 Å². The molecular formula is C17H21FN4O. The summed E-state index contributed by atoms with van der Waals surface area (Å²) < 4.78 is 14.3. The number of benzene rings is 1. The molecule has 23 heavy (non-hydrogen) atoms. The van der Waals surface area contributed by atoms with Crippen molar-refractivity contribution >= 4 is 5.69 Å². The molecular weight excluding hydrogens is 295 g/mol. The van der Waals surface area contributed by atoms with Gasteiger partial charge in [0.25, 0.3) is 5.56 Å². The van der Waals surface area contributed by atoms with Crippen LogP contribution in [0.25, 0.3) is 5.69 Å². The Balaban J connectivity index is 2.56. The highest BCUT2D eigenvalue weighted by atomic mass is 19.1. The normalized spacial score (nSPS) is 10.6. The Bertz CT molecular complexity index is 724. The molecule has 0 atom stereocenters. The van der Waals surface area contributed by atoms with Crippen molar-refractivity contribution in [3.63, 3.8) is 0 Å². The van der Waals surface area contributed by atoms with Crippen LogP contribution in [0.4, 0.5) is 10.1 Å². The van der Waals surface area contributed by atoms with E-state index in [-0.39, 0.29) is 11.4 Å². The van der Waals surface area contributed by atoms with Crippen molar-refractivity contribution in [3.8, 4) is 5.69 Å². The Kier molecular flexibility index (Phi) is 5.65. The molecule has 5 nitrogen and oxygen atoms in total. The van der Waals surface area contributed by atoms with Crippen molar-refractivity contribution in [2.24, 2.45) is 5.73 Å². The van der Waals surface area contributed by atoms with Crippen molar-refractivity contribution in [3.05, 3.63) is 64.9 Å². The summed E-state index contributed by atoms with van der Waals surface area (Å²) in [5.41, 5.74) is 7.30. The molecule has 0 radical (unpaired) electrons. The van der Waals surface area contributed by atoms with E-state index in [1.54, 1.807) is 12.3 Å². The fraction of sp³-hybridized carbons (Fsp3) is 0.294. The van der Waals surface area contributed by atoms with Crippen LogP contribution in [0.1, 0.15) is 12.5 Å². The quantitative estimate of drug-likeness (QED) is 0.792. The molecule has 0 aliphatic heterocycles. The number of nitrogens with zero attached hydrogens (tertiary/aromatic N) is 3. The average Bonchev–Trinajstić information content (AvgIpc) is 2.56. The monoisotopic (exact) mass is 316 g/mol. The Morgan fingerprint density at radius 1 is 1.39 bits per heavy atom. The zero-order valence-electron chi connectivity index (χ0n) is 13.2. The molecule has 0 bridgehead atoms. The van der Waals surface area contributed by atoms with E-state index in [0.717, 1.165) is 12.2 Å². The molecule has 0 saturated carbocycles. The van der Waals surface area contributed by atoms with Gasteiger partial charge in [-0.1, -0.05) is 6.08 Å². The van der Waals surface area contributed by atoms with Gasteiger partial charge in [0.2, 0.25) is 0 Å². The van der Waals surface area contributed by atoms with Crippen LogP contribution in [-0.2, 0) is 6.42 Å². The van der Waals surface area contributed by atoms with Crippen LogP contribution in [0.2, 0.25) is 0 Å². The van der Waals surface area contributed by atoms with Crippen LogP contribution in [0, 0.1) is 5.82 Å². The van der Waals surface area contributed by atoms with E-state index in [0.29, 0.717) is 30.8 Å². The number of anilines is 1. The predicted octanol–water partition coefficient (Wildman–Crippen LogP) is 1.89. The number of hydrogen-bond donors (Lipinski definition) is 1. The summed E-state index contributed by atoms with van der Waals surface area (Å²) >= 11 is 0. The van der Waals surface area contributed by atoms with Crippen molar-refractivity contribution in [1.82, 2.24) is 9.78 Å². The van der Waals surface area contributed by atoms with Crippen LogP contribution in [-0.4, -0.2) is 29.4 Å². The highest BCUT2D eigenvalue weighted by Gasteiger charge is 2.15. The van der Waals surface area contributed by atoms with Crippen LogP contribution in [0.15, 0.2) is 47.9 Å². The molecule has 1 heterocycles. The third-order valence-electron chi connectivity index (χ3n) is 3.60. The Labute approximate surface area is 134 Å². The number of aromatic nitrogens is 2. The molecule has 0 amide bonds. The van der Waals surface area contributed by atoms with E-state index >= 15 is 0 Å². The summed E-state index contributed by atoms with van der Waals surface area (Å²) in [6.07, 6.45) is 3.77. The van der Waals surface area contributed by atoms with Crippen molar-refractivity contribution in [2.45, 2.75) is 13.3 Å². The first-order valence-corrected chi connectivity index (χ1v) is 7.55. The van der Waals surface area contributed by atoms with Gasteiger partial charge in [0.1, 0.15) is 5.82 Å². The zero-order chi connectivity index (χ0) is 16.8. The Morgan fingerprint density at radius 2 is 2.09 bits per heavy atom. The molecule has 0 unspecified atom stereocenters. The second kappa shape index (κ2) is 7.69. The fourth-order valence-corrected chi connectivity index (χ4v) is 2.46. The molecule has 0 aliphatic carbocycles. The molecule has 122 valence electrons. The lowest BCUT2D eigenvalue weighted by molar-refractivity contribution is 0.626. The molecule has 1 aromatic heterocycles. The average molecular weight is 316 g/mol. The number of hydrogen-bond acceptors (Lipinski definition) is 4. The summed E-state index contributed by atoms with van der Waals surface area (Å²) in [6.45, 7) is 7.58. The van der Waals surface area contributed by atoms with Crippen LogP contribution >= 0.6 is 0 Å². The van der Waals surface area contributed by atoms with E-state index in [1.807, 2.05) is 11.8 Å². The second-order valence-electron chi connectivity index (χ2n) is 5.06. The van der Waals surface area contributed by atoms with E-state index < -0.39 is 0 Å². The van der Waals surface area contributed by atoms with Gasteiger partial charge in [-0.3, -0.25) is 4.79 Å². The van der Waals surface area contributed by atoms with Gasteiger partial charge in [0.15, 0.2) is 0 Å². The minimum absolute atomic E-state index is 0.232. The highest BCUT2D eigenvalue weighted by Crippen LogP contribution is 2.18. The summed E-state index contributed by atoms with van der Waals surface area (Å²) in [7, 11) is 0. The standard InChI is InChI=1S/C17H21FN4O/c1-3-5-15-16(21(4-2)11-10-19)12-20-22(17(15)23)14-8-6-13(18)7-9-14/h3,6-9,12H,1,4-5,10-11,19H2,2H3. The SMILES string of the molecule is C=CCc1c(N(CC)CCN)cnn(-c2ccc(F)cc2)c1=O. The maximum absolute atomic E-state index is 13.1. The molecule has 1 aromatic carbocycles. The molecule has 2 aromatic rings. The van der Waals surface area contributed by atoms with Crippen molar-refractivity contribution in [2.75, 3.05) is 24.5 Å². The summed E-state index contributed by atoms with van der Waals surface area (Å²) in [5, 5.41) is 4.24. The number of halogens is 1. The third kappa shape index (κ3) is 3.65. The van der Waals surface area contributed by atoms with Crippen LogP contribution in [0.3, 0.4) is 0 Å². The van der Waals surface area contributed by atoms with E-state index in [4.69, 9.17) is 5.73 Å². The lowest BCUT2D eigenvalue weighted by atomic mass is 10.1. The van der Waals surface area contributed by atoms with E-state index in [2.05, 4.69) is 11.7 Å². The molecule has 0 spiro atoms. The maximum atomic E-state index is 13.1. The number of rotatable bonds is 7. The van der Waals surface area contributed by atoms with Gasteiger partial charge in [-0.2, -0.15) is 9.78 Å². The van der Waals surface area contributed by atoms with Gasteiger partial charge in [0, 0.05) is 25.2 Å². The molecule has 2 N–H and O–H groups in total. The first kappa shape index (κ1) is 16.9. The summed E-state index contributed by atoms with van der Waals surface area (Å²) in [6, 6.07) is 5.66. The number of likely N-dealkylation sites (N-methyl/N-ethyl adjacent to an activating group) is 1. The minimum Gasteiger partial charge on any atom is -0.369 e. The molecule has 0 aliphatic rings. The molecule has 6 heteroatoms. The fourth-order valence-electron chi connectivity index (χ4n) is 2.46. The van der Waals surface area contributed by atoms with Crippen LogP contribution < -0.4 is 16.2 Å². The molecule has 0 fully saturated rings. The smallest absolute Gasteiger partial charge is 0.277 e. The maximum Gasteiger partial charge on any atom is 0.277 e. The first-order valence-electron chi connectivity index (χ1n) is 7.55. The third-order valence-corrected chi connectivity index (χ3v) is 3.60. The second-order valence-corrected chi connectivity index (χ2v) is 5.06. The number of nitrogens with two attached hydrogens (primary N) is 1. The topological polar surface area (TPSA) is 64.2 Å². The van der Waals surface area contributed by atoms with Gasteiger partial charge >= 0.3 is 0 Å². The molecule has 2 rings (SSSR count). The van der Waals surface area contributed by atoms with Crippen molar-refractivity contribution in [1.29, 1.82) is 0 Å². The lowest BCUT2D eigenvalue weighted by Gasteiger charge is -2.24. The Morgan fingerprint density at radius 3 is 2.65 bits per heavy atom. The largest absolute Gasteiger partial charge is 0.369 e.